The van der Waals surface area contributed by atoms with Gasteiger partial charge in [0.1, 0.15) is 12.7 Å². The summed E-state index contributed by atoms with van der Waals surface area (Å²) in [6.45, 7) is 23.7. The van der Waals surface area contributed by atoms with Crippen LogP contribution in [0, 0.1) is 27.6 Å². The topological polar surface area (TPSA) is 135 Å². The lowest BCUT2D eigenvalue weighted by atomic mass is 9.87. The first-order valence-electron chi connectivity index (χ1n) is 16.3. The Hall–Kier alpha value is -2.95. The van der Waals surface area contributed by atoms with Gasteiger partial charge in [-0.25, -0.2) is 0 Å². The van der Waals surface area contributed by atoms with Crippen LogP contribution >= 0.6 is 0 Å². The number of rotatable bonds is 8. The second-order valence-corrected chi connectivity index (χ2v) is 16.6. The van der Waals surface area contributed by atoms with E-state index in [1.807, 2.05) is 18.7 Å². The minimum absolute atomic E-state index is 0.0582. The van der Waals surface area contributed by atoms with E-state index in [9.17, 15) is 24.0 Å². The molecule has 2 aliphatic rings. The third kappa shape index (κ3) is 9.78. The zero-order chi connectivity index (χ0) is 35.6. The molecule has 0 radical (unpaired) electrons. The van der Waals surface area contributed by atoms with E-state index in [1.54, 1.807) is 89.3 Å². The molecule has 2 aliphatic heterocycles. The Morgan fingerprint density at radius 2 is 1.15 bits per heavy atom. The van der Waals surface area contributed by atoms with Gasteiger partial charge in [-0.3, -0.25) is 24.0 Å². The maximum absolute atomic E-state index is 13.5. The predicted molar refractivity (Wildman–Crippen MR) is 171 cm³/mol. The fourth-order valence-electron chi connectivity index (χ4n) is 4.78. The van der Waals surface area contributed by atoms with E-state index in [1.165, 1.54) is 6.08 Å². The Morgan fingerprint density at radius 1 is 0.717 bits per heavy atom. The summed E-state index contributed by atoms with van der Waals surface area (Å²) in [5.74, 6) is -2.84. The predicted octanol–water partition coefficient (Wildman–Crippen LogP) is 5.38. The molecule has 0 bridgehead atoms. The van der Waals surface area contributed by atoms with Crippen LogP contribution in [0.25, 0.3) is 0 Å². The SMILES string of the molecule is CCC[C@H]1[C@H](C)C(=O)C=CN1[C@@H]1O[C@H](COC(=O)C(C)(C)C)[C@H](OC(=O)C(C)(C)C)[C@H](OC(=O)C(C)(C)C)[C@H]1OC(=O)C(C)(C)C. The fourth-order valence-corrected chi connectivity index (χ4v) is 4.78. The van der Waals surface area contributed by atoms with Gasteiger partial charge in [0, 0.05) is 18.2 Å². The van der Waals surface area contributed by atoms with Crippen LogP contribution in [0.5, 0.6) is 0 Å². The Labute approximate surface area is 275 Å². The van der Waals surface area contributed by atoms with Gasteiger partial charge in [0.2, 0.25) is 0 Å². The largest absolute Gasteiger partial charge is 0.462 e. The maximum atomic E-state index is 13.5. The molecule has 1 saturated heterocycles. The summed E-state index contributed by atoms with van der Waals surface area (Å²) in [4.78, 5) is 68.0. The van der Waals surface area contributed by atoms with Crippen molar-refractivity contribution in [2.45, 2.75) is 146 Å². The van der Waals surface area contributed by atoms with Crippen molar-refractivity contribution in [3.63, 3.8) is 0 Å². The van der Waals surface area contributed by atoms with E-state index in [-0.39, 0.29) is 18.4 Å². The van der Waals surface area contributed by atoms with Gasteiger partial charge in [0.25, 0.3) is 0 Å². The van der Waals surface area contributed by atoms with E-state index in [4.69, 9.17) is 23.7 Å². The first kappa shape index (κ1) is 39.2. The molecule has 262 valence electrons. The molecule has 0 aromatic carbocycles. The van der Waals surface area contributed by atoms with E-state index >= 15 is 0 Å². The Kier molecular flexibility index (Phi) is 12.3. The van der Waals surface area contributed by atoms with Gasteiger partial charge in [0.05, 0.1) is 21.7 Å². The highest BCUT2D eigenvalue weighted by molar-refractivity contribution is 5.92. The Bertz CT molecular complexity index is 1160. The number of hydrogen-bond acceptors (Lipinski definition) is 11. The van der Waals surface area contributed by atoms with E-state index in [0.717, 1.165) is 6.42 Å². The summed E-state index contributed by atoms with van der Waals surface area (Å²) >= 11 is 0. The highest BCUT2D eigenvalue weighted by Crippen LogP contribution is 2.38. The molecule has 0 saturated carbocycles. The van der Waals surface area contributed by atoms with E-state index < -0.39 is 82.1 Å². The molecule has 1 fully saturated rings. The molecule has 0 unspecified atom stereocenters. The van der Waals surface area contributed by atoms with Crippen molar-refractivity contribution < 1.29 is 47.7 Å². The van der Waals surface area contributed by atoms with E-state index in [0.29, 0.717) is 6.42 Å². The van der Waals surface area contributed by atoms with Crippen molar-refractivity contribution in [3.8, 4) is 0 Å². The number of carbonyl (C=O) groups is 5. The molecule has 46 heavy (non-hydrogen) atoms. The molecule has 0 amide bonds. The minimum atomic E-state index is -1.36. The molecule has 0 aromatic heterocycles. The second kappa shape index (κ2) is 14.4. The third-order valence-corrected chi connectivity index (χ3v) is 7.86. The molecule has 2 heterocycles. The summed E-state index contributed by atoms with van der Waals surface area (Å²) < 4.78 is 30.7. The van der Waals surface area contributed by atoms with Crippen molar-refractivity contribution in [3.05, 3.63) is 12.3 Å². The summed E-state index contributed by atoms with van der Waals surface area (Å²) in [6, 6.07) is -0.353. The number of ketones is 1. The summed E-state index contributed by atoms with van der Waals surface area (Å²) in [5.41, 5.74) is -3.73. The highest BCUT2D eigenvalue weighted by Gasteiger charge is 2.57. The zero-order valence-electron chi connectivity index (χ0n) is 30.3. The first-order valence-corrected chi connectivity index (χ1v) is 16.3. The third-order valence-electron chi connectivity index (χ3n) is 7.86. The lowest BCUT2D eigenvalue weighted by Gasteiger charge is -2.51. The number of hydrogen-bond donors (Lipinski definition) is 0. The summed E-state index contributed by atoms with van der Waals surface area (Å²) in [5, 5.41) is 0. The molecule has 0 spiro atoms. The maximum Gasteiger partial charge on any atom is 0.311 e. The number of allylic oxidation sites excluding steroid dienone is 1. The number of esters is 4. The fraction of sp³-hybridized carbons (Fsp3) is 0.800. The van der Waals surface area contributed by atoms with E-state index in [2.05, 4.69) is 0 Å². The summed E-state index contributed by atoms with van der Waals surface area (Å²) in [7, 11) is 0. The number of carbonyl (C=O) groups excluding carboxylic acids is 5. The van der Waals surface area contributed by atoms with Gasteiger partial charge >= 0.3 is 23.9 Å². The molecule has 11 nitrogen and oxygen atoms in total. The van der Waals surface area contributed by atoms with Gasteiger partial charge in [0.15, 0.2) is 30.3 Å². The van der Waals surface area contributed by atoms with Crippen molar-refractivity contribution in [1.29, 1.82) is 0 Å². The van der Waals surface area contributed by atoms with Crippen molar-refractivity contribution in [1.82, 2.24) is 4.90 Å². The molecular formula is C35H57NO10. The van der Waals surface area contributed by atoms with Crippen molar-refractivity contribution >= 4 is 29.7 Å². The normalized spacial score (nSPS) is 27.6. The standard InChI is InChI=1S/C35H57NO10/c1-15-16-21-20(2)22(37)17-18-36(21)27-26(46-31(41)35(12,13)14)25(45-30(40)34(9,10)11)24(44-29(39)33(6,7)8)23(43-27)19-42-28(38)32(3,4)5/h17-18,20-21,23-27H,15-16,19H2,1-14H3/t20-,21-,23+,24-,25-,26+,27+/m0/s1. The minimum Gasteiger partial charge on any atom is -0.462 e. The average molecular weight is 652 g/mol. The monoisotopic (exact) mass is 651 g/mol. The first-order chi connectivity index (χ1) is 20.8. The Balaban J connectivity index is 2.84. The molecule has 0 aromatic rings. The molecule has 11 heteroatoms. The lowest BCUT2D eigenvalue weighted by molar-refractivity contribution is -0.284. The van der Waals surface area contributed by atoms with Crippen molar-refractivity contribution in [2.24, 2.45) is 27.6 Å². The van der Waals surface area contributed by atoms with Crippen LogP contribution in [0.15, 0.2) is 12.3 Å². The van der Waals surface area contributed by atoms with Gasteiger partial charge in [-0.1, -0.05) is 20.3 Å². The second-order valence-electron chi connectivity index (χ2n) is 16.6. The average Bonchev–Trinajstić information content (AvgIpc) is 2.90. The lowest BCUT2D eigenvalue weighted by Crippen LogP contribution is -2.68. The molecule has 0 aliphatic carbocycles. The smallest absolute Gasteiger partial charge is 0.311 e. The quantitative estimate of drug-likeness (QED) is 0.247. The van der Waals surface area contributed by atoms with Crippen LogP contribution in [0.3, 0.4) is 0 Å². The molecule has 0 N–H and O–H groups in total. The van der Waals surface area contributed by atoms with Gasteiger partial charge in [-0.2, -0.15) is 0 Å². The van der Waals surface area contributed by atoms with Gasteiger partial charge in [-0.15, -0.1) is 0 Å². The van der Waals surface area contributed by atoms with Crippen LogP contribution in [0.2, 0.25) is 0 Å². The van der Waals surface area contributed by atoms with Crippen LogP contribution in [0.4, 0.5) is 0 Å². The zero-order valence-corrected chi connectivity index (χ0v) is 30.3. The Morgan fingerprint density at radius 3 is 1.59 bits per heavy atom. The van der Waals surface area contributed by atoms with Crippen LogP contribution in [-0.4, -0.2) is 77.9 Å². The highest BCUT2D eigenvalue weighted by atomic mass is 16.7. The van der Waals surface area contributed by atoms with Gasteiger partial charge < -0.3 is 28.6 Å². The van der Waals surface area contributed by atoms with Crippen LogP contribution in [0.1, 0.15) is 110 Å². The van der Waals surface area contributed by atoms with Crippen molar-refractivity contribution in [2.75, 3.05) is 6.61 Å². The molecular weight excluding hydrogens is 594 g/mol. The van der Waals surface area contributed by atoms with Crippen LogP contribution < -0.4 is 0 Å². The molecule has 7 atom stereocenters. The molecule has 2 rings (SSSR count). The van der Waals surface area contributed by atoms with Gasteiger partial charge in [-0.05, 0) is 95.6 Å². The number of ether oxygens (including phenoxy) is 5. The number of nitrogens with zero attached hydrogens (tertiary/aromatic N) is 1. The van der Waals surface area contributed by atoms with Crippen LogP contribution in [-0.2, 0) is 47.7 Å². The summed E-state index contributed by atoms with van der Waals surface area (Å²) in [6.07, 6.45) is -1.81.